The molecular weight excluding hydrogens is 262 g/mol. The Balaban J connectivity index is 2.33. The first-order valence-electron chi connectivity index (χ1n) is 7.75. The number of hydrogen-bond acceptors (Lipinski definition) is 3. The molecule has 0 amide bonds. The third-order valence-electron chi connectivity index (χ3n) is 4.60. The molecule has 1 fully saturated rings. The third kappa shape index (κ3) is 2.38. The number of hydrogen-bond donors (Lipinski definition) is 1. The van der Waals surface area contributed by atoms with Crippen LogP contribution >= 0.6 is 0 Å². The van der Waals surface area contributed by atoms with E-state index < -0.39 is 0 Å². The van der Waals surface area contributed by atoms with E-state index in [2.05, 4.69) is 6.07 Å². The molecule has 1 unspecified atom stereocenters. The molecule has 1 heterocycles. The minimum absolute atomic E-state index is 0.0486. The summed E-state index contributed by atoms with van der Waals surface area (Å²) >= 11 is 0. The van der Waals surface area contributed by atoms with Crippen LogP contribution in [-0.4, -0.2) is 9.55 Å². The van der Waals surface area contributed by atoms with Gasteiger partial charge in [0.05, 0.1) is 10.9 Å². The Morgan fingerprint density at radius 1 is 1.33 bits per heavy atom. The van der Waals surface area contributed by atoms with Crippen LogP contribution < -0.4 is 11.3 Å². The lowest BCUT2D eigenvalue weighted by molar-refractivity contribution is 0.610. The zero-order valence-corrected chi connectivity index (χ0v) is 13.0. The van der Waals surface area contributed by atoms with Gasteiger partial charge >= 0.3 is 0 Å². The summed E-state index contributed by atoms with van der Waals surface area (Å²) in [6, 6.07) is 3.86. The molecule has 1 aliphatic rings. The van der Waals surface area contributed by atoms with Gasteiger partial charge in [0.2, 0.25) is 0 Å². The van der Waals surface area contributed by atoms with Crippen LogP contribution in [0.3, 0.4) is 0 Å². The topological polar surface area (TPSA) is 60.9 Å². The van der Waals surface area contributed by atoms with Crippen molar-refractivity contribution in [2.75, 3.05) is 0 Å². The Bertz CT molecular complexity index is 740. The molecule has 1 atom stereocenters. The average molecular weight is 285 g/mol. The predicted molar refractivity (Wildman–Crippen MR) is 85.5 cm³/mol. The Morgan fingerprint density at radius 2 is 2.00 bits per heavy atom. The first-order chi connectivity index (χ1) is 9.99. The van der Waals surface area contributed by atoms with E-state index in [1.807, 2.05) is 27.0 Å². The lowest BCUT2D eigenvalue weighted by Crippen LogP contribution is -2.25. The second-order valence-corrected chi connectivity index (χ2v) is 6.35. The van der Waals surface area contributed by atoms with Crippen molar-refractivity contribution < 1.29 is 0 Å². The molecule has 21 heavy (non-hydrogen) atoms. The predicted octanol–water partition coefficient (Wildman–Crippen LogP) is 2.92. The van der Waals surface area contributed by atoms with Gasteiger partial charge in [-0.2, -0.15) is 0 Å². The fraction of sp³-hybridized carbons (Fsp3) is 0.529. The normalized spacial score (nSPS) is 17.5. The molecule has 1 saturated carbocycles. The molecule has 0 radical (unpaired) electrons. The van der Waals surface area contributed by atoms with E-state index in [9.17, 15) is 4.79 Å². The van der Waals surface area contributed by atoms with Gasteiger partial charge in [-0.25, -0.2) is 4.98 Å². The molecule has 2 aromatic rings. The fourth-order valence-corrected chi connectivity index (χ4v) is 3.47. The summed E-state index contributed by atoms with van der Waals surface area (Å²) in [6.45, 7) is 3.94. The van der Waals surface area contributed by atoms with Crippen molar-refractivity contribution >= 4 is 10.9 Å². The van der Waals surface area contributed by atoms with Crippen LogP contribution in [0.4, 0.5) is 0 Å². The van der Waals surface area contributed by atoms with Gasteiger partial charge in [0.1, 0.15) is 5.82 Å². The number of nitrogens with two attached hydrogens (primary N) is 1. The largest absolute Gasteiger partial charge is 0.324 e. The van der Waals surface area contributed by atoms with Crippen LogP contribution in [0.25, 0.3) is 10.9 Å². The summed E-state index contributed by atoms with van der Waals surface area (Å²) in [5, 5.41) is 0.687. The van der Waals surface area contributed by atoms with E-state index in [1.54, 1.807) is 4.57 Å². The molecule has 0 spiro atoms. The first kappa shape index (κ1) is 14.3. The standard InChI is InChI=1S/C17H23N3O/c1-10-8-13(11(2)18)15-14(9-10)17(21)20(3)16(19-15)12-6-4-5-7-12/h8-9,11-12H,4-7,18H2,1-3H3. The minimum atomic E-state index is -0.122. The Kier molecular flexibility index (Phi) is 3.57. The third-order valence-corrected chi connectivity index (χ3v) is 4.60. The summed E-state index contributed by atoms with van der Waals surface area (Å²) in [6.07, 6.45) is 4.72. The molecule has 0 saturated heterocycles. The molecule has 0 bridgehead atoms. The maximum atomic E-state index is 12.7. The van der Waals surface area contributed by atoms with Crippen molar-refractivity contribution in [3.8, 4) is 0 Å². The lowest BCUT2D eigenvalue weighted by Gasteiger charge is -2.17. The van der Waals surface area contributed by atoms with Gasteiger partial charge in [-0.1, -0.05) is 18.9 Å². The molecule has 1 aromatic carbocycles. The Morgan fingerprint density at radius 3 is 2.62 bits per heavy atom. The van der Waals surface area contributed by atoms with Gasteiger partial charge in [-0.3, -0.25) is 9.36 Å². The van der Waals surface area contributed by atoms with E-state index >= 15 is 0 Å². The lowest BCUT2D eigenvalue weighted by atomic mass is 10.0. The van der Waals surface area contributed by atoms with Crippen LogP contribution in [0.1, 0.15) is 61.5 Å². The second-order valence-electron chi connectivity index (χ2n) is 6.35. The molecule has 1 aromatic heterocycles. The summed E-state index contributed by atoms with van der Waals surface area (Å²) in [7, 11) is 1.84. The van der Waals surface area contributed by atoms with Gasteiger partial charge in [0, 0.05) is 19.0 Å². The highest BCUT2D eigenvalue weighted by Crippen LogP contribution is 2.33. The van der Waals surface area contributed by atoms with Gasteiger partial charge in [0.25, 0.3) is 5.56 Å². The maximum Gasteiger partial charge on any atom is 0.261 e. The number of rotatable bonds is 2. The van der Waals surface area contributed by atoms with Crippen molar-refractivity contribution in [1.82, 2.24) is 9.55 Å². The van der Waals surface area contributed by atoms with Gasteiger partial charge in [-0.05, 0) is 43.9 Å². The summed E-state index contributed by atoms with van der Waals surface area (Å²) in [5.74, 6) is 1.34. The Labute approximate surface area is 125 Å². The van der Waals surface area contributed by atoms with E-state index in [1.165, 1.54) is 12.8 Å². The summed E-state index contributed by atoms with van der Waals surface area (Å²) in [4.78, 5) is 17.6. The quantitative estimate of drug-likeness (QED) is 0.923. The van der Waals surface area contributed by atoms with E-state index in [0.717, 1.165) is 35.3 Å². The van der Waals surface area contributed by atoms with Crippen LogP contribution in [0.5, 0.6) is 0 Å². The monoisotopic (exact) mass is 285 g/mol. The molecule has 4 nitrogen and oxygen atoms in total. The van der Waals surface area contributed by atoms with Crippen LogP contribution in [0.15, 0.2) is 16.9 Å². The first-order valence-corrected chi connectivity index (χ1v) is 7.75. The van der Waals surface area contributed by atoms with Gasteiger partial charge in [-0.15, -0.1) is 0 Å². The van der Waals surface area contributed by atoms with Crippen molar-refractivity contribution in [1.29, 1.82) is 0 Å². The average Bonchev–Trinajstić information content (AvgIpc) is 2.96. The van der Waals surface area contributed by atoms with Crippen molar-refractivity contribution in [3.05, 3.63) is 39.4 Å². The molecule has 1 aliphatic carbocycles. The summed E-state index contributed by atoms with van der Waals surface area (Å²) < 4.78 is 1.74. The zero-order valence-electron chi connectivity index (χ0n) is 13.0. The van der Waals surface area contributed by atoms with E-state index in [-0.39, 0.29) is 11.6 Å². The highest BCUT2D eigenvalue weighted by Gasteiger charge is 2.23. The molecule has 3 rings (SSSR count). The number of aromatic nitrogens is 2. The van der Waals surface area contributed by atoms with Gasteiger partial charge in [0.15, 0.2) is 0 Å². The van der Waals surface area contributed by atoms with E-state index in [4.69, 9.17) is 10.7 Å². The summed E-state index contributed by atoms with van der Waals surface area (Å²) in [5.41, 5.74) is 8.96. The Hall–Kier alpha value is -1.68. The highest BCUT2D eigenvalue weighted by atomic mass is 16.1. The minimum Gasteiger partial charge on any atom is -0.324 e. The van der Waals surface area contributed by atoms with Crippen LogP contribution in [0, 0.1) is 6.92 Å². The number of fused-ring (bicyclic) bond motifs is 1. The molecular formula is C17H23N3O. The molecule has 2 N–H and O–H groups in total. The number of benzene rings is 1. The molecule has 112 valence electrons. The van der Waals surface area contributed by atoms with Crippen molar-refractivity contribution in [2.45, 2.75) is 51.5 Å². The SMILES string of the molecule is Cc1cc(C(C)N)c2nc(C3CCCC3)n(C)c(=O)c2c1. The van der Waals surface area contributed by atoms with Crippen molar-refractivity contribution in [3.63, 3.8) is 0 Å². The van der Waals surface area contributed by atoms with E-state index in [0.29, 0.717) is 11.3 Å². The van der Waals surface area contributed by atoms with Crippen LogP contribution in [0.2, 0.25) is 0 Å². The fourth-order valence-electron chi connectivity index (χ4n) is 3.47. The van der Waals surface area contributed by atoms with Crippen LogP contribution in [-0.2, 0) is 7.05 Å². The number of nitrogens with zero attached hydrogens (tertiary/aromatic N) is 2. The van der Waals surface area contributed by atoms with Gasteiger partial charge < -0.3 is 5.73 Å². The zero-order chi connectivity index (χ0) is 15.1. The molecule has 4 heteroatoms. The number of aryl methyl sites for hydroxylation is 1. The highest BCUT2D eigenvalue weighted by molar-refractivity contribution is 5.82. The smallest absolute Gasteiger partial charge is 0.261 e. The van der Waals surface area contributed by atoms with Crippen molar-refractivity contribution in [2.24, 2.45) is 12.8 Å². The maximum absolute atomic E-state index is 12.7. The molecule has 0 aliphatic heterocycles. The second kappa shape index (κ2) is 5.26.